The van der Waals surface area contributed by atoms with Crippen LogP contribution in [-0.4, -0.2) is 24.1 Å². The summed E-state index contributed by atoms with van der Waals surface area (Å²) in [6.07, 6.45) is 2.98. The Morgan fingerprint density at radius 3 is 3.05 bits per heavy atom. The van der Waals surface area contributed by atoms with Gasteiger partial charge in [0, 0.05) is 24.8 Å². The number of likely N-dealkylation sites (tertiary alicyclic amines) is 1. The van der Waals surface area contributed by atoms with Crippen LogP contribution < -0.4 is 10.5 Å². The van der Waals surface area contributed by atoms with Crippen molar-refractivity contribution < 1.29 is 9.15 Å². The Kier molecular flexibility index (Phi) is 3.42. The lowest BCUT2D eigenvalue weighted by Crippen LogP contribution is -2.24. The lowest BCUT2D eigenvalue weighted by molar-refractivity contribution is 0.194. The van der Waals surface area contributed by atoms with E-state index in [1.54, 1.807) is 6.26 Å². The van der Waals surface area contributed by atoms with Gasteiger partial charge in [-0.2, -0.15) is 0 Å². The van der Waals surface area contributed by atoms with Gasteiger partial charge in [-0.1, -0.05) is 6.07 Å². The molecule has 19 heavy (non-hydrogen) atoms. The van der Waals surface area contributed by atoms with Gasteiger partial charge >= 0.3 is 0 Å². The molecule has 1 aromatic carbocycles. The number of ether oxygens (including phenoxy) is 1. The number of nitrogens with two attached hydrogens (primary N) is 1. The summed E-state index contributed by atoms with van der Waals surface area (Å²) in [4.78, 5) is 2.34. The number of nitrogen functional groups attached to an aromatic ring is 1. The van der Waals surface area contributed by atoms with Gasteiger partial charge in [-0.15, -0.1) is 0 Å². The first-order valence-electron chi connectivity index (χ1n) is 6.56. The van der Waals surface area contributed by atoms with Gasteiger partial charge in [0.25, 0.3) is 0 Å². The largest absolute Gasteiger partial charge is 0.489 e. The predicted molar refractivity (Wildman–Crippen MR) is 73.9 cm³/mol. The molecule has 0 aliphatic carbocycles. The molecule has 2 N–H and O–H groups in total. The van der Waals surface area contributed by atoms with Crippen molar-refractivity contribution in [3.63, 3.8) is 0 Å². The van der Waals surface area contributed by atoms with Gasteiger partial charge in [-0.25, -0.2) is 0 Å². The van der Waals surface area contributed by atoms with E-state index in [4.69, 9.17) is 14.9 Å². The van der Waals surface area contributed by atoms with E-state index in [-0.39, 0.29) is 6.10 Å². The molecule has 100 valence electrons. The molecule has 4 heteroatoms. The third kappa shape index (κ3) is 3.09. The summed E-state index contributed by atoms with van der Waals surface area (Å²) in [5.41, 5.74) is 6.49. The monoisotopic (exact) mass is 258 g/mol. The standard InChI is InChI=1S/C15H18N2O2/c16-12-3-1-4-13(9-12)19-15-6-7-17(11-15)10-14-5-2-8-18-14/h1-5,8-9,15H,6-7,10-11,16H2. The topological polar surface area (TPSA) is 51.6 Å². The first-order chi connectivity index (χ1) is 9.29. The first-order valence-corrected chi connectivity index (χ1v) is 6.56. The third-order valence-electron chi connectivity index (χ3n) is 3.35. The first kappa shape index (κ1) is 12.1. The van der Waals surface area contributed by atoms with Gasteiger partial charge in [0.1, 0.15) is 17.6 Å². The molecule has 1 atom stereocenters. The highest BCUT2D eigenvalue weighted by molar-refractivity contribution is 5.43. The Bertz CT molecular complexity index is 525. The normalized spacial score (nSPS) is 19.7. The predicted octanol–water partition coefficient (Wildman–Crippen LogP) is 2.52. The molecule has 4 nitrogen and oxygen atoms in total. The zero-order chi connectivity index (χ0) is 13.1. The van der Waals surface area contributed by atoms with Crippen LogP contribution in [0.5, 0.6) is 5.75 Å². The summed E-state index contributed by atoms with van der Waals surface area (Å²) in [5.74, 6) is 1.86. The average molecular weight is 258 g/mol. The number of anilines is 1. The van der Waals surface area contributed by atoms with Crippen LogP contribution in [0, 0.1) is 0 Å². The summed E-state index contributed by atoms with van der Waals surface area (Å²) in [6.45, 7) is 2.81. The van der Waals surface area contributed by atoms with Crippen LogP contribution in [0.4, 0.5) is 5.69 Å². The lowest BCUT2D eigenvalue weighted by atomic mass is 10.3. The van der Waals surface area contributed by atoms with Crippen molar-refractivity contribution in [1.29, 1.82) is 0 Å². The minimum Gasteiger partial charge on any atom is -0.489 e. The van der Waals surface area contributed by atoms with Crippen molar-refractivity contribution >= 4 is 5.69 Å². The molecular formula is C15H18N2O2. The molecule has 1 aliphatic heterocycles. The SMILES string of the molecule is Nc1cccc(OC2CCN(Cc3ccco3)C2)c1. The number of hydrogen-bond donors (Lipinski definition) is 1. The Hall–Kier alpha value is -1.94. The van der Waals surface area contributed by atoms with Crippen LogP contribution in [0.25, 0.3) is 0 Å². The van der Waals surface area contributed by atoms with Gasteiger partial charge in [-0.05, 0) is 30.7 Å². The lowest BCUT2D eigenvalue weighted by Gasteiger charge is -2.16. The highest BCUT2D eigenvalue weighted by Gasteiger charge is 2.24. The quantitative estimate of drug-likeness (QED) is 0.856. The fraction of sp³-hybridized carbons (Fsp3) is 0.333. The highest BCUT2D eigenvalue weighted by Crippen LogP contribution is 2.21. The molecule has 0 bridgehead atoms. The zero-order valence-electron chi connectivity index (χ0n) is 10.8. The van der Waals surface area contributed by atoms with Crippen LogP contribution in [-0.2, 0) is 6.54 Å². The number of nitrogens with zero attached hydrogens (tertiary/aromatic N) is 1. The van der Waals surface area contributed by atoms with Gasteiger partial charge in [0.15, 0.2) is 0 Å². The molecule has 2 aromatic rings. The minimum absolute atomic E-state index is 0.233. The van der Waals surface area contributed by atoms with E-state index in [0.29, 0.717) is 0 Å². The maximum absolute atomic E-state index is 5.95. The minimum atomic E-state index is 0.233. The van der Waals surface area contributed by atoms with Crippen molar-refractivity contribution in [1.82, 2.24) is 4.90 Å². The van der Waals surface area contributed by atoms with E-state index in [0.717, 1.165) is 43.3 Å². The molecule has 1 saturated heterocycles. The van der Waals surface area contributed by atoms with Crippen molar-refractivity contribution in [2.75, 3.05) is 18.8 Å². The van der Waals surface area contributed by atoms with Crippen molar-refractivity contribution in [2.45, 2.75) is 19.1 Å². The second kappa shape index (κ2) is 5.36. The summed E-state index contributed by atoms with van der Waals surface area (Å²) in [7, 11) is 0. The van der Waals surface area contributed by atoms with Gasteiger partial charge in [0.05, 0.1) is 12.8 Å². The highest BCUT2D eigenvalue weighted by atomic mass is 16.5. The van der Waals surface area contributed by atoms with E-state index in [1.807, 2.05) is 36.4 Å². The Balaban J connectivity index is 1.54. The molecule has 0 radical (unpaired) electrons. The molecule has 0 spiro atoms. The van der Waals surface area contributed by atoms with E-state index in [9.17, 15) is 0 Å². The summed E-state index contributed by atoms with van der Waals surface area (Å²) in [5, 5.41) is 0. The van der Waals surface area contributed by atoms with Crippen molar-refractivity contribution in [3.05, 3.63) is 48.4 Å². The van der Waals surface area contributed by atoms with E-state index < -0.39 is 0 Å². The van der Waals surface area contributed by atoms with Crippen LogP contribution in [0.3, 0.4) is 0 Å². The van der Waals surface area contributed by atoms with Crippen LogP contribution in [0.1, 0.15) is 12.2 Å². The van der Waals surface area contributed by atoms with Gasteiger partial charge < -0.3 is 14.9 Å². The summed E-state index contributed by atoms with van der Waals surface area (Å²) >= 11 is 0. The molecule has 0 amide bonds. The molecule has 1 fully saturated rings. The molecule has 0 saturated carbocycles. The fourth-order valence-corrected chi connectivity index (χ4v) is 2.44. The molecular weight excluding hydrogens is 240 g/mol. The van der Waals surface area contributed by atoms with Gasteiger partial charge in [-0.3, -0.25) is 4.90 Å². The van der Waals surface area contributed by atoms with Crippen molar-refractivity contribution in [3.8, 4) is 5.75 Å². The molecule has 1 unspecified atom stereocenters. The molecule has 3 rings (SSSR count). The number of furan rings is 1. The summed E-state index contributed by atoms with van der Waals surface area (Å²) in [6, 6.07) is 11.5. The maximum Gasteiger partial charge on any atom is 0.121 e. The molecule has 2 heterocycles. The zero-order valence-corrected chi connectivity index (χ0v) is 10.8. The average Bonchev–Trinajstić information content (AvgIpc) is 3.02. The Morgan fingerprint density at radius 1 is 1.32 bits per heavy atom. The van der Waals surface area contributed by atoms with Crippen molar-refractivity contribution in [2.24, 2.45) is 0 Å². The fourth-order valence-electron chi connectivity index (χ4n) is 2.44. The second-order valence-electron chi connectivity index (χ2n) is 4.92. The van der Waals surface area contributed by atoms with Gasteiger partial charge in [0.2, 0.25) is 0 Å². The molecule has 1 aromatic heterocycles. The van der Waals surface area contributed by atoms with Crippen LogP contribution in [0.2, 0.25) is 0 Å². The smallest absolute Gasteiger partial charge is 0.121 e. The van der Waals surface area contributed by atoms with E-state index in [2.05, 4.69) is 4.90 Å². The summed E-state index contributed by atoms with van der Waals surface area (Å²) < 4.78 is 11.3. The van der Waals surface area contributed by atoms with Crippen LogP contribution in [0.15, 0.2) is 47.1 Å². The second-order valence-corrected chi connectivity index (χ2v) is 4.92. The number of hydrogen-bond acceptors (Lipinski definition) is 4. The van der Waals surface area contributed by atoms with E-state index in [1.165, 1.54) is 0 Å². The Morgan fingerprint density at radius 2 is 2.26 bits per heavy atom. The Labute approximate surface area is 112 Å². The third-order valence-corrected chi connectivity index (χ3v) is 3.35. The molecule has 1 aliphatic rings. The van der Waals surface area contributed by atoms with E-state index >= 15 is 0 Å². The maximum atomic E-state index is 5.95. The van der Waals surface area contributed by atoms with Crippen LogP contribution >= 0.6 is 0 Å². The number of benzene rings is 1. The number of rotatable bonds is 4.